The van der Waals surface area contributed by atoms with Gasteiger partial charge in [0.2, 0.25) is 5.91 Å². The molecule has 6 nitrogen and oxygen atoms in total. The molecule has 0 saturated carbocycles. The second-order valence-electron chi connectivity index (χ2n) is 6.12. The number of nitrogens with one attached hydrogen (secondary N) is 1. The lowest BCUT2D eigenvalue weighted by molar-refractivity contribution is -0.121. The Morgan fingerprint density at radius 2 is 1.85 bits per heavy atom. The molecule has 0 unspecified atom stereocenters. The highest BCUT2D eigenvalue weighted by Gasteiger charge is 2.07. The molecule has 3 aromatic rings. The summed E-state index contributed by atoms with van der Waals surface area (Å²) in [6, 6.07) is 18.6. The van der Waals surface area contributed by atoms with E-state index < -0.39 is 0 Å². The number of aryl methyl sites for hydroxylation is 1. The Hall–Kier alpha value is -3.41. The molecule has 1 heterocycles. The Balaban J connectivity index is 1.49. The zero-order valence-electron chi connectivity index (χ0n) is 15.1. The summed E-state index contributed by atoms with van der Waals surface area (Å²) in [5, 5.41) is 2.73. The first-order valence-corrected chi connectivity index (χ1v) is 8.70. The number of rotatable bonds is 7. The van der Waals surface area contributed by atoms with Gasteiger partial charge in [-0.25, -0.2) is 4.98 Å². The number of carbonyl (C=O) groups excluding carboxylic acids is 1. The standard InChI is InChI=1S/C21H21N3O3/c1-16-7-9-18(10-8-16)27-12-11-22-20(25)14-24-15-23-19(13-21(24)26)17-5-3-2-4-6-17/h2-10,13,15H,11-12,14H2,1H3,(H,22,25). The number of aromatic nitrogens is 2. The van der Waals surface area contributed by atoms with Crippen molar-refractivity contribution in [3.05, 3.63) is 82.9 Å². The molecule has 0 aliphatic rings. The molecule has 0 fully saturated rings. The minimum Gasteiger partial charge on any atom is -0.492 e. The van der Waals surface area contributed by atoms with E-state index in [0.717, 1.165) is 16.9 Å². The van der Waals surface area contributed by atoms with Crippen LogP contribution in [0.2, 0.25) is 0 Å². The summed E-state index contributed by atoms with van der Waals surface area (Å²) in [4.78, 5) is 28.5. The van der Waals surface area contributed by atoms with Crippen LogP contribution in [0.5, 0.6) is 5.75 Å². The predicted octanol–water partition coefficient (Wildman–Crippen LogP) is 2.41. The van der Waals surface area contributed by atoms with Crippen LogP contribution in [0.15, 0.2) is 71.8 Å². The molecule has 0 bridgehead atoms. The van der Waals surface area contributed by atoms with Gasteiger partial charge in [-0.1, -0.05) is 48.0 Å². The number of ether oxygens (including phenoxy) is 1. The third kappa shape index (κ3) is 5.28. The molecule has 0 atom stereocenters. The van der Waals surface area contributed by atoms with Gasteiger partial charge >= 0.3 is 0 Å². The van der Waals surface area contributed by atoms with Gasteiger partial charge in [-0.15, -0.1) is 0 Å². The molecule has 138 valence electrons. The fourth-order valence-corrected chi connectivity index (χ4v) is 2.52. The van der Waals surface area contributed by atoms with Crippen LogP contribution in [0.4, 0.5) is 0 Å². The van der Waals surface area contributed by atoms with Crippen LogP contribution < -0.4 is 15.6 Å². The molecule has 0 aliphatic carbocycles. The van der Waals surface area contributed by atoms with Gasteiger partial charge in [0.05, 0.1) is 18.6 Å². The van der Waals surface area contributed by atoms with Crippen molar-refractivity contribution in [1.82, 2.24) is 14.9 Å². The molecule has 0 radical (unpaired) electrons. The second-order valence-corrected chi connectivity index (χ2v) is 6.12. The summed E-state index contributed by atoms with van der Waals surface area (Å²) in [5.74, 6) is 0.491. The van der Waals surface area contributed by atoms with Gasteiger partial charge < -0.3 is 10.1 Å². The van der Waals surface area contributed by atoms with E-state index in [1.807, 2.05) is 61.5 Å². The lowest BCUT2D eigenvalue weighted by Gasteiger charge is -2.09. The number of carbonyl (C=O) groups is 1. The van der Waals surface area contributed by atoms with Crippen molar-refractivity contribution in [3.63, 3.8) is 0 Å². The van der Waals surface area contributed by atoms with E-state index in [2.05, 4.69) is 10.3 Å². The van der Waals surface area contributed by atoms with Gasteiger partial charge in [-0.05, 0) is 19.1 Å². The zero-order valence-corrected chi connectivity index (χ0v) is 15.1. The van der Waals surface area contributed by atoms with Crippen molar-refractivity contribution in [2.24, 2.45) is 0 Å². The molecule has 1 aromatic heterocycles. The van der Waals surface area contributed by atoms with Crippen LogP contribution in [-0.4, -0.2) is 28.6 Å². The first kappa shape index (κ1) is 18.4. The highest BCUT2D eigenvalue weighted by atomic mass is 16.5. The molecule has 27 heavy (non-hydrogen) atoms. The van der Waals surface area contributed by atoms with Crippen molar-refractivity contribution in [2.45, 2.75) is 13.5 Å². The average molecular weight is 363 g/mol. The maximum Gasteiger partial charge on any atom is 0.254 e. The largest absolute Gasteiger partial charge is 0.492 e. The van der Waals surface area contributed by atoms with E-state index >= 15 is 0 Å². The lowest BCUT2D eigenvalue weighted by atomic mass is 10.1. The van der Waals surface area contributed by atoms with Crippen LogP contribution in [0.1, 0.15) is 5.56 Å². The summed E-state index contributed by atoms with van der Waals surface area (Å²) in [6.07, 6.45) is 1.40. The average Bonchev–Trinajstić information content (AvgIpc) is 2.69. The van der Waals surface area contributed by atoms with E-state index in [4.69, 9.17) is 4.74 Å². The first-order chi connectivity index (χ1) is 13.1. The molecule has 3 rings (SSSR count). The number of hydrogen-bond acceptors (Lipinski definition) is 4. The van der Waals surface area contributed by atoms with Gasteiger partial charge in [-0.3, -0.25) is 14.2 Å². The monoisotopic (exact) mass is 363 g/mol. The van der Waals surface area contributed by atoms with E-state index in [1.165, 1.54) is 17.0 Å². The van der Waals surface area contributed by atoms with Crippen molar-refractivity contribution in [2.75, 3.05) is 13.2 Å². The van der Waals surface area contributed by atoms with Crippen molar-refractivity contribution in [3.8, 4) is 17.0 Å². The van der Waals surface area contributed by atoms with Crippen LogP contribution in [0, 0.1) is 6.92 Å². The molecular weight excluding hydrogens is 342 g/mol. The third-order valence-electron chi connectivity index (χ3n) is 3.98. The summed E-state index contributed by atoms with van der Waals surface area (Å²) in [7, 11) is 0. The van der Waals surface area contributed by atoms with Gasteiger partial charge in [0.15, 0.2) is 0 Å². The minimum absolute atomic E-state index is 0.0779. The van der Waals surface area contributed by atoms with Crippen LogP contribution in [0.3, 0.4) is 0 Å². The number of hydrogen-bond donors (Lipinski definition) is 1. The highest BCUT2D eigenvalue weighted by molar-refractivity contribution is 5.75. The molecule has 0 aliphatic heterocycles. The Bertz CT molecular complexity index is 950. The molecular formula is C21H21N3O3. The van der Waals surface area contributed by atoms with Gasteiger partial charge in [0, 0.05) is 11.6 Å². The third-order valence-corrected chi connectivity index (χ3v) is 3.98. The van der Waals surface area contributed by atoms with E-state index in [9.17, 15) is 9.59 Å². The van der Waals surface area contributed by atoms with E-state index in [-0.39, 0.29) is 18.0 Å². The summed E-state index contributed by atoms with van der Waals surface area (Å²) < 4.78 is 6.83. The smallest absolute Gasteiger partial charge is 0.254 e. The predicted molar refractivity (Wildman–Crippen MR) is 104 cm³/mol. The summed E-state index contributed by atoms with van der Waals surface area (Å²) >= 11 is 0. The zero-order chi connectivity index (χ0) is 19.1. The Labute approximate surface area is 157 Å². The molecule has 6 heteroatoms. The maximum atomic E-state index is 12.2. The lowest BCUT2D eigenvalue weighted by Crippen LogP contribution is -2.34. The van der Waals surface area contributed by atoms with Crippen LogP contribution in [0.25, 0.3) is 11.3 Å². The van der Waals surface area contributed by atoms with E-state index in [0.29, 0.717) is 18.8 Å². The molecule has 2 aromatic carbocycles. The second kappa shape index (κ2) is 8.80. The molecule has 0 spiro atoms. The summed E-state index contributed by atoms with van der Waals surface area (Å²) in [5.41, 5.74) is 2.34. The van der Waals surface area contributed by atoms with Crippen LogP contribution in [-0.2, 0) is 11.3 Å². The first-order valence-electron chi connectivity index (χ1n) is 8.70. The number of nitrogens with zero attached hydrogens (tertiary/aromatic N) is 2. The Morgan fingerprint density at radius 3 is 2.56 bits per heavy atom. The van der Waals surface area contributed by atoms with Crippen LogP contribution >= 0.6 is 0 Å². The Morgan fingerprint density at radius 1 is 1.11 bits per heavy atom. The fraction of sp³-hybridized carbons (Fsp3) is 0.190. The number of benzene rings is 2. The van der Waals surface area contributed by atoms with Crippen molar-refractivity contribution in [1.29, 1.82) is 0 Å². The van der Waals surface area contributed by atoms with E-state index in [1.54, 1.807) is 0 Å². The minimum atomic E-state index is -0.269. The maximum absolute atomic E-state index is 12.2. The Kier molecular flexibility index (Phi) is 5.99. The molecule has 0 saturated heterocycles. The summed E-state index contributed by atoms with van der Waals surface area (Å²) in [6.45, 7) is 2.64. The molecule has 1 amide bonds. The van der Waals surface area contributed by atoms with Gasteiger partial charge in [0.25, 0.3) is 5.56 Å². The number of amides is 1. The quantitative estimate of drug-likeness (QED) is 0.654. The fourth-order valence-electron chi connectivity index (χ4n) is 2.52. The SMILES string of the molecule is Cc1ccc(OCCNC(=O)Cn2cnc(-c3ccccc3)cc2=O)cc1. The topological polar surface area (TPSA) is 73.2 Å². The van der Waals surface area contributed by atoms with Crippen molar-refractivity contribution < 1.29 is 9.53 Å². The van der Waals surface area contributed by atoms with Gasteiger partial charge in [0.1, 0.15) is 18.9 Å². The highest BCUT2D eigenvalue weighted by Crippen LogP contribution is 2.13. The van der Waals surface area contributed by atoms with Crippen molar-refractivity contribution >= 4 is 5.91 Å². The normalized spacial score (nSPS) is 10.4. The van der Waals surface area contributed by atoms with Gasteiger partial charge in [-0.2, -0.15) is 0 Å². The molecule has 1 N–H and O–H groups in total.